The molecule has 0 radical (unpaired) electrons. The number of hydrogen-bond donors (Lipinski definition) is 30. The van der Waals surface area contributed by atoms with Crippen LogP contribution in [0.4, 0.5) is 0 Å². The number of unbranched alkanes of at least 4 members (excludes halogenated alkanes) is 1. The molecule has 33 N–H and O–H groups in total. The predicted octanol–water partition coefficient (Wildman–Crippen LogP) is -10.1. The molecule has 0 bridgehead atoms. The zero-order valence-electron chi connectivity index (χ0n) is 81.4. The van der Waals surface area contributed by atoms with E-state index in [1.807, 2.05) is 16.0 Å². The molecule has 54 heteroatoms. The van der Waals surface area contributed by atoms with Gasteiger partial charge in [-0.15, -0.1) is 0 Å². The highest BCUT2D eigenvalue weighted by molar-refractivity contribution is 7.80. The number of amides is 21. The number of aliphatic carboxylic acids is 3. The number of aromatic hydroxyl groups is 1. The second-order valence-electron chi connectivity index (χ2n) is 35.2. The fraction of sp³-hybridized carbons (Fsp3) is 0.596. The summed E-state index contributed by atoms with van der Waals surface area (Å²) >= 11 is 4.15. The number of carboxylic acid groups (broad SMARTS) is 3. The van der Waals surface area contributed by atoms with Crippen LogP contribution in [-0.2, 0) is 128 Å². The molecule has 0 aliphatic rings. The average molecular weight is 2040 g/mol. The number of carboxylic acids is 3. The van der Waals surface area contributed by atoms with Crippen LogP contribution in [0.5, 0.6) is 5.75 Å². The monoisotopic (exact) mass is 2040 g/mol. The van der Waals surface area contributed by atoms with Crippen LogP contribution in [0.3, 0.4) is 0 Å². The van der Waals surface area contributed by atoms with Crippen molar-refractivity contribution in [2.45, 2.75) is 256 Å². The quantitative estimate of drug-likeness (QED) is 0.0216. The number of aliphatic hydroxyl groups is 2. The largest absolute Gasteiger partial charge is 0.508 e. The fourth-order valence-corrected chi connectivity index (χ4v) is 13.6. The van der Waals surface area contributed by atoms with Crippen LogP contribution in [0, 0.1) is 29.6 Å². The molecule has 2 aromatic rings. The molecule has 0 fully saturated rings. The maximum atomic E-state index is 14.7. The summed E-state index contributed by atoms with van der Waals surface area (Å²) in [5.41, 5.74) is 23.4. The Morgan fingerprint density at radius 3 is 1.23 bits per heavy atom. The van der Waals surface area contributed by atoms with Gasteiger partial charge in [0, 0.05) is 31.4 Å². The predicted molar refractivity (Wildman–Crippen MR) is 510 cm³/mol. The summed E-state index contributed by atoms with van der Waals surface area (Å²) in [5, 5.41) is 103. The number of phenolic OH excluding ortho intramolecular Hbond substituents is 1. The van der Waals surface area contributed by atoms with Crippen molar-refractivity contribution in [3.63, 3.8) is 0 Å². The molecule has 143 heavy (non-hydrogen) atoms. The van der Waals surface area contributed by atoms with E-state index in [9.17, 15) is 141 Å². The Morgan fingerprint density at radius 2 is 0.734 bits per heavy atom. The van der Waals surface area contributed by atoms with Crippen molar-refractivity contribution in [1.82, 2.24) is 101 Å². The third kappa shape index (κ3) is 47.2. The lowest BCUT2D eigenvalue weighted by atomic mass is 9.96. The highest BCUT2D eigenvalue weighted by atomic mass is 32.1. The summed E-state index contributed by atoms with van der Waals surface area (Å²) in [6.07, 6.45) is -4.34. The molecule has 0 unspecified atom stereocenters. The van der Waals surface area contributed by atoms with Crippen molar-refractivity contribution in [2.75, 3.05) is 51.7 Å². The summed E-state index contributed by atoms with van der Waals surface area (Å²) < 4.78 is 0. The van der Waals surface area contributed by atoms with E-state index in [2.05, 4.69) is 97.7 Å². The van der Waals surface area contributed by atoms with Gasteiger partial charge in [-0.25, -0.2) is 4.79 Å². The summed E-state index contributed by atoms with van der Waals surface area (Å²) in [4.78, 5) is 320. The molecule has 0 saturated heterocycles. The molecular formula is C89H139N23O30S. The summed E-state index contributed by atoms with van der Waals surface area (Å²) in [5.74, 6) is -30.2. The van der Waals surface area contributed by atoms with Crippen LogP contribution < -0.4 is 124 Å². The minimum atomic E-state index is -2.05. The summed E-state index contributed by atoms with van der Waals surface area (Å²) in [7, 11) is 0. The number of thiol groups is 1. The van der Waals surface area contributed by atoms with Gasteiger partial charge in [-0.05, 0) is 105 Å². The van der Waals surface area contributed by atoms with E-state index in [0.29, 0.717) is 17.5 Å². The normalized spacial score (nSPS) is 14.7. The van der Waals surface area contributed by atoms with Crippen molar-refractivity contribution in [3.8, 4) is 5.75 Å². The number of nitrogens with two attached hydrogens (primary N) is 4. The van der Waals surface area contributed by atoms with Gasteiger partial charge in [-0.1, -0.05) is 118 Å². The zero-order valence-corrected chi connectivity index (χ0v) is 82.3. The van der Waals surface area contributed by atoms with Crippen molar-refractivity contribution in [1.29, 1.82) is 0 Å². The molecule has 2 aromatic carbocycles. The lowest BCUT2D eigenvalue weighted by Crippen LogP contribution is -2.61. The van der Waals surface area contributed by atoms with Crippen LogP contribution in [0.15, 0.2) is 54.6 Å². The lowest BCUT2D eigenvalue weighted by molar-refractivity contribution is -0.143. The van der Waals surface area contributed by atoms with Crippen molar-refractivity contribution in [3.05, 3.63) is 65.7 Å². The number of hydrogen-bond acceptors (Lipinski definition) is 30. The van der Waals surface area contributed by atoms with E-state index in [1.54, 1.807) is 71.9 Å². The minimum absolute atomic E-state index is 0.106. The van der Waals surface area contributed by atoms with Crippen molar-refractivity contribution < 1.29 is 146 Å². The van der Waals surface area contributed by atoms with Crippen molar-refractivity contribution >= 4 is 155 Å². The minimum Gasteiger partial charge on any atom is -0.508 e. The number of primary amides is 2. The molecule has 21 amide bonds. The topological polar surface area (TPSA) is 864 Å². The number of carbonyl (C=O) groups excluding carboxylic acids is 21. The van der Waals surface area contributed by atoms with Gasteiger partial charge in [0.15, 0.2) is 0 Å². The Kier molecular flexibility index (Phi) is 56.0. The van der Waals surface area contributed by atoms with Crippen LogP contribution in [0.2, 0.25) is 0 Å². The van der Waals surface area contributed by atoms with Crippen LogP contribution in [0.25, 0.3) is 0 Å². The van der Waals surface area contributed by atoms with E-state index in [0.717, 1.165) is 0 Å². The van der Waals surface area contributed by atoms with Crippen LogP contribution >= 0.6 is 12.6 Å². The Hall–Kier alpha value is -14.3. The van der Waals surface area contributed by atoms with Crippen molar-refractivity contribution in [2.24, 2.45) is 52.5 Å². The summed E-state index contributed by atoms with van der Waals surface area (Å²) in [6, 6.07) is -12.3. The maximum Gasteiger partial charge on any atom is 0.326 e. The van der Waals surface area contributed by atoms with E-state index in [-0.39, 0.29) is 50.3 Å². The number of benzene rings is 2. The standard InChI is InChI=1S/C89H139N23O30S/c1-12-46(10)73(112-85(137)70(93)43(4)5)86(138)97-37-65(119)100-57(33-63(92)117)76(128)94-36-66(120)101-60(40-114)83(135)105-55(31-48-18-14-13-15-19-48)75(127)95-38-67(121)110-71(44(6)7)88(140)111-72(45(8)9)87(139)107-56(32-49-21-23-50(115)24-22-49)81(133)103-52(25-27-62(91)116)78(130)98-47(11)74(126)102-51(20-16-17-29-90)79(131)104-54(30-42(2)3)80(132)109-61(41-143)84(136)106-58(34-69(124)125)82(134)108-59(39-113)77(129)96-35-64(118)99-53(89(141)142)26-28-68(122)123/h13-15,18-19,21-24,42-47,51-61,70-73,113-115,143H,12,16-17,20,25-41,90,93H2,1-11H3,(H2,91,116)(H2,92,117)(H,94,128)(H,95,127)(H,96,129)(H,97,138)(H,98,130)(H,99,118)(H,100,119)(H,101,120)(H,102,126)(H,103,133)(H,104,131)(H,105,135)(H,106,136)(H,107,139)(H,108,134)(H,109,132)(H,110,121)(H,111,140)(H,112,137)(H,122,123)(H,124,125)(H,141,142)/t46-,47-,51-,52-,53-,54-,55-,56-,57-,58-,59-,60-,61-,70-,71-,72-,73-/m0/s1. The second kappa shape index (κ2) is 64.2. The second-order valence-corrected chi connectivity index (χ2v) is 35.5. The molecule has 0 aromatic heterocycles. The Balaban J connectivity index is 2.37. The number of aliphatic hydroxyl groups excluding tert-OH is 2. The Labute approximate surface area is 829 Å². The van der Waals surface area contributed by atoms with Gasteiger partial charge in [-0.2, -0.15) is 12.6 Å². The highest BCUT2D eigenvalue weighted by Crippen LogP contribution is 2.18. The van der Waals surface area contributed by atoms with Gasteiger partial charge in [-0.3, -0.25) is 110 Å². The molecule has 0 saturated carbocycles. The van der Waals surface area contributed by atoms with Crippen LogP contribution in [-0.4, -0.2) is 321 Å². The van der Waals surface area contributed by atoms with Gasteiger partial charge < -0.3 is 155 Å². The van der Waals surface area contributed by atoms with E-state index in [4.69, 9.17) is 28.0 Å². The van der Waals surface area contributed by atoms with Gasteiger partial charge in [0.25, 0.3) is 0 Å². The first-order valence-electron chi connectivity index (χ1n) is 46.1. The third-order valence-corrected chi connectivity index (χ3v) is 22.1. The number of phenols is 1. The number of carbonyl (C=O) groups is 24. The van der Waals surface area contributed by atoms with Crippen LogP contribution in [0.1, 0.15) is 158 Å². The molecule has 0 aliphatic heterocycles. The van der Waals surface area contributed by atoms with Gasteiger partial charge in [0.05, 0.1) is 58.3 Å². The first-order valence-corrected chi connectivity index (χ1v) is 46.7. The zero-order chi connectivity index (χ0) is 108. The molecule has 17 atom stereocenters. The SMILES string of the molecule is CC[C@H](C)[C@H](NC(=O)[C@@H](N)C(C)C)C(=O)NCC(=O)N[C@@H](CC(N)=O)C(=O)NCC(=O)N[C@@H](CO)C(=O)N[C@@H](Cc1ccccc1)C(=O)NCC(=O)N[C@H](C(=O)N[C@H](C(=O)N[C@@H](Cc1ccc(O)cc1)C(=O)N[C@@H](CCC(N)=O)C(=O)N[C@@H](C)C(=O)N[C@@H](CCCCN)C(=O)N[C@@H](CC(C)C)C(=O)N[C@@H](CS)C(=O)N[C@@H](CC(=O)O)C(=O)N[C@@H](CO)C(=O)NCC(=O)N[C@@H](CCC(=O)O)C(=O)O)C(C)C)C(C)C. The fourth-order valence-electron chi connectivity index (χ4n) is 13.3. The molecule has 0 aliphatic carbocycles. The summed E-state index contributed by atoms with van der Waals surface area (Å²) in [6.45, 7) is 11.7. The molecular weight excluding hydrogens is 1900 g/mol. The lowest BCUT2D eigenvalue weighted by Gasteiger charge is -2.29. The molecule has 796 valence electrons. The number of rotatable bonds is 67. The van der Waals surface area contributed by atoms with Gasteiger partial charge in [0.2, 0.25) is 124 Å². The van der Waals surface area contributed by atoms with Gasteiger partial charge in [0.1, 0.15) is 96.4 Å². The Morgan fingerprint density at radius 1 is 0.350 bits per heavy atom. The van der Waals surface area contributed by atoms with E-state index >= 15 is 0 Å². The third-order valence-electron chi connectivity index (χ3n) is 21.7. The molecule has 0 spiro atoms. The Bertz CT molecular complexity index is 4730. The first-order chi connectivity index (χ1) is 67.1. The molecule has 0 heterocycles. The molecule has 2 rings (SSSR count). The number of nitrogens with one attached hydrogen (secondary N) is 19. The molecule has 53 nitrogen and oxygen atoms in total. The smallest absolute Gasteiger partial charge is 0.326 e. The highest BCUT2D eigenvalue weighted by Gasteiger charge is 2.40. The maximum absolute atomic E-state index is 14.7. The average Bonchev–Trinajstić information content (AvgIpc) is 0.854. The van der Waals surface area contributed by atoms with Gasteiger partial charge >= 0.3 is 17.9 Å². The van der Waals surface area contributed by atoms with E-state index in [1.165, 1.54) is 58.9 Å². The van der Waals surface area contributed by atoms with E-state index < -0.39 is 352 Å². The first kappa shape index (κ1) is 125.